The molecule has 0 aliphatic rings. The second kappa shape index (κ2) is 14.6. The van der Waals surface area contributed by atoms with Crippen LogP contribution >= 0.6 is 0 Å². The van der Waals surface area contributed by atoms with Crippen LogP contribution in [0.4, 0.5) is 10.1 Å². The minimum absolute atomic E-state index is 0.00480. The van der Waals surface area contributed by atoms with E-state index in [9.17, 15) is 22.4 Å². The number of rotatable bonds is 14. The molecule has 1 N–H and O–H groups in total. The van der Waals surface area contributed by atoms with E-state index in [1.807, 2.05) is 56.3 Å². The van der Waals surface area contributed by atoms with E-state index in [2.05, 4.69) is 5.32 Å². The predicted molar refractivity (Wildman–Crippen MR) is 157 cm³/mol. The van der Waals surface area contributed by atoms with Crippen LogP contribution in [0.1, 0.15) is 43.4 Å². The summed E-state index contributed by atoms with van der Waals surface area (Å²) in [6, 6.07) is 21.2. The highest BCUT2D eigenvalue weighted by Crippen LogP contribution is 2.24. The zero-order chi connectivity index (χ0) is 29.1. The summed E-state index contributed by atoms with van der Waals surface area (Å²) < 4.78 is 40.7. The molecule has 1 atom stereocenters. The fraction of sp³-hybridized carbons (Fsp3) is 0.355. The van der Waals surface area contributed by atoms with Gasteiger partial charge in [-0.05, 0) is 47.7 Å². The van der Waals surface area contributed by atoms with Gasteiger partial charge in [-0.25, -0.2) is 12.8 Å². The lowest BCUT2D eigenvalue weighted by atomic mass is 10.0. The van der Waals surface area contributed by atoms with Crippen molar-refractivity contribution in [1.82, 2.24) is 10.2 Å². The molecule has 2 amide bonds. The number of halogens is 1. The molecule has 0 aliphatic carbocycles. The number of carbonyl (C=O) groups is 2. The molecule has 0 bridgehead atoms. The predicted octanol–water partition coefficient (Wildman–Crippen LogP) is 4.71. The summed E-state index contributed by atoms with van der Waals surface area (Å²) in [7, 11) is -3.84. The number of hydrogen-bond acceptors (Lipinski definition) is 4. The molecule has 0 aliphatic heterocycles. The van der Waals surface area contributed by atoms with Crippen molar-refractivity contribution in [3.63, 3.8) is 0 Å². The summed E-state index contributed by atoms with van der Waals surface area (Å²) in [5.74, 6) is -1.28. The quantitative estimate of drug-likeness (QED) is 0.286. The topological polar surface area (TPSA) is 86.8 Å². The number of para-hydroxylation sites is 1. The monoisotopic (exact) mass is 567 g/mol. The van der Waals surface area contributed by atoms with Crippen LogP contribution in [0.25, 0.3) is 0 Å². The van der Waals surface area contributed by atoms with Gasteiger partial charge in [-0.15, -0.1) is 0 Å². The van der Waals surface area contributed by atoms with Gasteiger partial charge in [0.05, 0.1) is 11.9 Å². The van der Waals surface area contributed by atoms with E-state index >= 15 is 0 Å². The molecule has 9 heteroatoms. The summed E-state index contributed by atoms with van der Waals surface area (Å²) in [5, 5.41) is 2.94. The van der Waals surface area contributed by atoms with E-state index in [4.69, 9.17) is 0 Å². The van der Waals surface area contributed by atoms with E-state index in [-0.39, 0.29) is 18.9 Å². The highest BCUT2D eigenvalue weighted by molar-refractivity contribution is 7.92. The molecule has 0 saturated heterocycles. The average molecular weight is 568 g/mol. The minimum atomic E-state index is -3.84. The first-order valence-electron chi connectivity index (χ1n) is 13.5. The summed E-state index contributed by atoms with van der Waals surface area (Å²) in [6.07, 6.45) is 3.55. The SMILES string of the molecule is CCCCNC(=O)[C@@H](Cc1ccccc1)N(Cc1ccc(F)cc1)C(=O)CN(c1ccccc1CC)S(C)(=O)=O. The molecule has 3 aromatic carbocycles. The molecule has 3 aromatic rings. The first kappa shape index (κ1) is 30.8. The van der Waals surface area contributed by atoms with Gasteiger partial charge < -0.3 is 10.2 Å². The molecule has 40 heavy (non-hydrogen) atoms. The highest BCUT2D eigenvalue weighted by atomic mass is 32.2. The second-order valence-electron chi connectivity index (χ2n) is 9.75. The first-order valence-corrected chi connectivity index (χ1v) is 15.4. The van der Waals surface area contributed by atoms with Crippen molar-refractivity contribution in [2.45, 2.75) is 52.1 Å². The van der Waals surface area contributed by atoms with Crippen molar-refractivity contribution in [3.8, 4) is 0 Å². The Morgan fingerprint density at radius 2 is 1.55 bits per heavy atom. The molecule has 0 unspecified atom stereocenters. The van der Waals surface area contributed by atoms with Crippen LogP contribution in [0.3, 0.4) is 0 Å². The van der Waals surface area contributed by atoms with Gasteiger partial charge in [0, 0.05) is 19.5 Å². The Hall–Kier alpha value is -3.72. The number of carbonyl (C=O) groups excluding carboxylic acids is 2. The van der Waals surface area contributed by atoms with E-state index in [0.29, 0.717) is 24.2 Å². The van der Waals surface area contributed by atoms with Crippen molar-refractivity contribution >= 4 is 27.5 Å². The van der Waals surface area contributed by atoms with Gasteiger partial charge in [-0.1, -0.05) is 80.9 Å². The lowest BCUT2D eigenvalue weighted by molar-refractivity contribution is -0.140. The summed E-state index contributed by atoms with van der Waals surface area (Å²) in [4.78, 5) is 29.1. The number of nitrogens with zero attached hydrogens (tertiary/aromatic N) is 2. The molecule has 7 nitrogen and oxygen atoms in total. The Bertz CT molecular complexity index is 1360. The van der Waals surface area contributed by atoms with E-state index in [1.54, 1.807) is 24.3 Å². The van der Waals surface area contributed by atoms with Gasteiger partial charge in [-0.2, -0.15) is 0 Å². The molecule has 0 heterocycles. The molecule has 0 spiro atoms. The van der Waals surface area contributed by atoms with Crippen LogP contribution in [0.5, 0.6) is 0 Å². The Morgan fingerprint density at radius 3 is 2.17 bits per heavy atom. The van der Waals surface area contributed by atoms with Crippen molar-refractivity contribution in [2.75, 3.05) is 23.7 Å². The highest BCUT2D eigenvalue weighted by Gasteiger charge is 2.33. The number of anilines is 1. The Kier molecular flexibility index (Phi) is 11.3. The smallest absolute Gasteiger partial charge is 0.244 e. The second-order valence-corrected chi connectivity index (χ2v) is 11.7. The first-order chi connectivity index (χ1) is 19.1. The number of unbranched alkanes of at least 4 members (excludes halogenated alkanes) is 1. The van der Waals surface area contributed by atoms with Crippen LogP contribution in [-0.4, -0.2) is 50.5 Å². The third-order valence-corrected chi connectivity index (χ3v) is 7.81. The molecule has 214 valence electrons. The zero-order valence-corrected chi connectivity index (χ0v) is 24.2. The van der Waals surface area contributed by atoms with Crippen molar-refractivity contribution in [3.05, 3.63) is 101 Å². The van der Waals surface area contributed by atoms with Crippen LogP contribution in [0, 0.1) is 5.82 Å². The standard InChI is InChI=1S/C31H38FN3O4S/c1-4-6-20-33-31(37)29(21-24-12-8-7-9-13-24)34(22-25-16-18-27(32)19-17-25)30(36)23-35(40(3,38)39)28-15-11-10-14-26(28)5-2/h7-19,29H,4-6,20-23H2,1-3H3,(H,33,37)/t29-/m1/s1. The number of sulfonamides is 1. The Balaban J connectivity index is 2.05. The normalized spacial score (nSPS) is 12.0. The van der Waals surface area contributed by atoms with Crippen molar-refractivity contribution in [2.24, 2.45) is 0 Å². The fourth-order valence-electron chi connectivity index (χ4n) is 4.49. The maximum Gasteiger partial charge on any atom is 0.244 e. The summed E-state index contributed by atoms with van der Waals surface area (Å²) in [5.41, 5.74) is 2.68. The third-order valence-electron chi connectivity index (χ3n) is 6.69. The molecule has 0 aromatic heterocycles. The maximum atomic E-state index is 14.1. The summed E-state index contributed by atoms with van der Waals surface area (Å²) >= 11 is 0. The number of amides is 2. The molecule has 0 fully saturated rings. The van der Waals surface area contributed by atoms with Crippen molar-refractivity contribution in [1.29, 1.82) is 0 Å². The van der Waals surface area contributed by atoms with Gasteiger partial charge >= 0.3 is 0 Å². The minimum Gasteiger partial charge on any atom is -0.354 e. The Labute approximate surface area is 237 Å². The lowest BCUT2D eigenvalue weighted by Gasteiger charge is -2.34. The third kappa shape index (κ3) is 8.64. The molecule has 0 saturated carbocycles. The Morgan fingerprint density at radius 1 is 0.900 bits per heavy atom. The van der Waals surface area contributed by atoms with E-state index < -0.39 is 34.3 Å². The molecule has 3 rings (SSSR count). The maximum absolute atomic E-state index is 14.1. The van der Waals surface area contributed by atoms with Gasteiger partial charge in [0.2, 0.25) is 21.8 Å². The number of benzene rings is 3. The van der Waals surface area contributed by atoms with Gasteiger partial charge in [0.15, 0.2) is 0 Å². The number of aryl methyl sites for hydroxylation is 1. The zero-order valence-electron chi connectivity index (χ0n) is 23.3. The molecule has 0 radical (unpaired) electrons. The van der Waals surface area contributed by atoms with Crippen LogP contribution in [0.2, 0.25) is 0 Å². The summed E-state index contributed by atoms with van der Waals surface area (Å²) in [6.45, 7) is 3.91. The van der Waals surface area contributed by atoms with Crippen molar-refractivity contribution < 1.29 is 22.4 Å². The average Bonchev–Trinajstić information content (AvgIpc) is 2.94. The number of hydrogen-bond donors (Lipinski definition) is 1. The van der Waals surface area contributed by atoms with Gasteiger partial charge in [0.1, 0.15) is 18.4 Å². The largest absolute Gasteiger partial charge is 0.354 e. The lowest BCUT2D eigenvalue weighted by Crippen LogP contribution is -2.53. The fourth-order valence-corrected chi connectivity index (χ4v) is 5.37. The van der Waals surface area contributed by atoms with Crippen LogP contribution in [-0.2, 0) is 39.0 Å². The van der Waals surface area contributed by atoms with Crippen LogP contribution < -0.4 is 9.62 Å². The van der Waals surface area contributed by atoms with Gasteiger partial charge in [0.25, 0.3) is 0 Å². The molecular weight excluding hydrogens is 529 g/mol. The van der Waals surface area contributed by atoms with E-state index in [1.165, 1.54) is 17.0 Å². The number of nitrogens with one attached hydrogen (secondary N) is 1. The molecular formula is C31H38FN3O4S. The van der Waals surface area contributed by atoms with E-state index in [0.717, 1.165) is 34.5 Å². The van der Waals surface area contributed by atoms with Gasteiger partial charge in [-0.3, -0.25) is 13.9 Å². The van der Waals surface area contributed by atoms with Crippen LogP contribution in [0.15, 0.2) is 78.9 Å².